The summed E-state index contributed by atoms with van der Waals surface area (Å²) in [5.74, 6) is 0. The van der Waals surface area contributed by atoms with Crippen LogP contribution in [0.1, 0.15) is 44.9 Å². The minimum absolute atomic E-state index is 0.0241. The molecular formula is C10H21O4P. The highest BCUT2D eigenvalue weighted by Crippen LogP contribution is 2.50. The van der Waals surface area contributed by atoms with E-state index in [1.165, 1.54) is 33.5 Å². The smallest absolute Gasteiger partial charge is 0.290 e. The second-order valence-corrected chi connectivity index (χ2v) is 5.72. The Balaban J connectivity index is 2.43. The number of hydrogen-bond donors (Lipinski definition) is 0. The molecule has 90 valence electrons. The van der Waals surface area contributed by atoms with Gasteiger partial charge in [0, 0.05) is 14.2 Å². The summed E-state index contributed by atoms with van der Waals surface area (Å²) in [6, 6.07) is 0. The molecule has 0 aromatic heterocycles. The molecule has 0 saturated heterocycles. The summed E-state index contributed by atoms with van der Waals surface area (Å²) in [5.41, 5.74) is 0. The molecule has 5 heteroatoms. The van der Waals surface area contributed by atoms with Gasteiger partial charge in [0.15, 0.2) is 0 Å². The van der Waals surface area contributed by atoms with E-state index >= 15 is 0 Å². The Morgan fingerprint density at radius 3 is 1.87 bits per heavy atom. The summed E-state index contributed by atoms with van der Waals surface area (Å²) in [5, 5.41) is 0. The maximum absolute atomic E-state index is 11.8. The summed E-state index contributed by atoms with van der Waals surface area (Å²) < 4.78 is 26.7. The number of hydrogen-bond acceptors (Lipinski definition) is 4. The van der Waals surface area contributed by atoms with E-state index < -0.39 is 7.82 Å². The van der Waals surface area contributed by atoms with Gasteiger partial charge in [-0.2, -0.15) is 0 Å². The van der Waals surface area contributed by atoms with Gasteiger partial charge in [-0.3, -0.25) is 13.6 Å². The van der Waals surface area contributed by atoms with Gasteiger partial charge in [0.05, 0.1) is 6.10 Å². The summed E-state index contributed by atoms with van der Waals surface area (Å²) in [7, 11) is -0.574. The highest BCUT2D eigenvalue weighted by molar-refractivity contribution is 7.48. The molecular weight excluding hydrogens is 215 g/mol. The van der Waals surface area contributed by atoms with Gasteiger partial charge in [0.1, 0.15) is 0 Å². The van der Waals surface area contributed by atoms with Gasteiger partial charge in [0.25, 0.3) is 0 Å². The SMILES string of the molecule is COP(=O)(OC)OC1CCCCCCC1. The first-order valence-electron chi connectivity index (χ1n) is 5.60. The van der Waals surface area contributed by atoms with E-state index in [-0.39, 0.29) is 6.10 Å². The lowest BCUT2D eigenvalue weighted by molar-refractivity contribution is 0.0890. The summed E-state index contributed by atoms with van der Waals surface area (Å²) >= 11 is 0. The zero-order valence-corrected chi connectivity index (χ0v) is 10.5. The van der Waals surface area contributed by atoms with Crippen molar-refractivity contribution < 1.29 is 18.1 Å². The van der Waals surface area contributed by atoms with Crippen molar-refractivity contribution in [2.75, 3.05) is 14.2 Å². The van der Waals surface area contributed by atoms with Gasteiger partial charge >= 0.3 is 7.82 Å². The topological polar surface area (TPSA) is 44.8 Å². The standard InChI is InChI=1S/C10H21O4P/c1-12-15(11,13-2)14-10-8-6-4-3-5-7-9-10/h10H,3-9H2,1-2H3. The molecule has 0 heterocycles. The molecule has 0 aromatic rings. The Morgan fingerprint density at radius 2 is 1.40 bits per heavy atom. The molecule has 0 aliphatic heterocycles. The molecule has 0 bridgehead atoms. The molecule has 0 atom stereocenters. The fourth-order valence-electron chi connectivity index (χ4n) is 1.87. The fraction of sp³-hybridized carbons (Fsp3) is 1.00. The van der Waals surface area contributed by atoms with Crippen molar-refractivity contribution in [1.29, 1.82) is 0 Å². The zero-order chi connectivity index (χ0) is 11.1. The number of phosphoric ester groups is 1. The van der Waals surface area contributed by atoms with Crippen LogP contribution >= 0.6 is 7.82 Å². The Kier molecular flexibility index (Phi) is 5.83. The van der Waals surface area contributed by atoms with Gasteiger partial charge < -0.3 is 0 Å². The first kappa shape index (κ1) is 13.2. The molecule has 1 aliphatic rings. The van der Waals surface area contributed by atoms with E-state index in [2.05, 4.69) is 0 Å². The molecule has 1 aliphatic carbocycles. The Hall–Kier alpha value is 0.110. The van der Waals surface area contributed by atoms with Crippen LogP contribution in [0, 0.1) is 0 Å². The lowest BCUT2D eigenvalue weighted by Gasteiger charge is -2.23. The lowest BCUT2D eigenvalue weighted by atomic mass is 9.99. The first-order valence-corrected chi connectivity index (χ1v) is 7.06. The second kappa shape index (κ2) is 6.64. The molecule has 0 amide bonds. The van der Waals surface area contributed by atoms with Crippen molar-refractivity contribution in [3.8, 4) is 0 Å². The zero-order valence-electron chi connectivity index (χ0n) is 9.61. The van der Waals surface area contributed by atoms with Crippen LogP contribution in [0.2, 0.25) is 0 Å². The summed E-state index contributed by atoms with van der Waals surface area (Å²) in [6.45, 7) is 0. The molecule has 15 heavy (non-hydrogen) atoms. The molecule has 1 rings (SSSR count). The number of phosphoric acid groups is 1. The largest absolute Gasteiger partial charge is 0.474 e. The maximum atomic E-state index is 11.8. The average Bonchev–Trinajstić information content (AvgIpc) is 2.22. The monoisotopic (exact) mass is 236 g/mol. The van der Waals surface area contributed by atoms with Gasteiger partial charge in [-0.15, -0.1) is 0 Å². The summed E-state index contributed by atoms with van der Waals surface area (Å²) in [6.07, 6.45) is 7.99. The minimum Gasteiger partial charge on any atom is -0.290 e. The second-order valence-electron chi connectivity index (χ2n) is 3.88. The van der Waals surface area contributed by atoms with E-state index in [4.69, 9.17) is 13.6 Å². The van der Waals surface area contributed by atoms with Crippen LogP contribution in [-0.4, -0.2) is 20.3 Å². The van der Waals surface area contributed by atoms with Crippen LogP contribution in [0.15, 0.2) is 0 Å². The van der Waals surface area contributed by atoms with E-state index in [0.717, 1.165) is 25.7 Å². The molecule has 1 saturated carbocycles. The molecule has 0 radical (unpaired) electrons. The van der Waals surface area contributed by atoms with Crippen LogP contribution in [0.5, 0.6) is 0 Å². The van der Waals surface area contributed by atoms with Crippen molar-refractivity contribution in [3.05, 3.63) is 0 Å². The highest BCUT2D eigenvalue weighted by Gasteiger charge is 2.27. The third-order valence-electron chi connectivity index (χ3n) is 2.78. The van der Waals surface area contributed by atoms with Crippen LogP contribution in [0.4, 0.5) is 0 Å². The third kappa shape index (κ3) is 4.64. The maximum Gasteiger partial charge on any atom is 0.474 e. The van der Waals surface area contributed by atoms with Crippen molar-refractivity contribution >= 4 is 7.82 Å². The van der Waals surface area contributed by atoms with Gasteiger partial charge in [-0.05, 0) is 12.8 Å². The van der Waals surface area contributed by atoms with Crippen molar-refractivity contribution in [1.82, 2.24) is 0 Å². The molecule has 0 spiro atoms. The van der Waals surface area contributed by atoms with E-state index in [1.807, 2.05) is 0 Å². The van der Waals surface area contributed by atoms with Crippen molar-refractivity contribution in [3.63, 3.8) is 0 Å². The van der Waals surface area contributed by atoms with Crippen LogP contribution in [0.25, 0.3) is 0 Å². The molecule has 0 unspecified atom stereocenters. The Bertz CT molecular complexity index is 203. The van der Waals surface area contributed by atoms with Crippen LogP contribution in [-0.2, 0) is 18.1 Å². The van der Waals surface area contributed by atoms with E-state index in [0.29, 0.717) is 0 Å². The Labute approximate surface area is 91.9 Å². The molecule has 4 nitrogen and oxygen atoms in total. The first-order chi connectivity index (χ1) is 7.20. The number of rotatable bonds is 4. The summed E-state index contributed by atoms with van der Waals surface area (Å²) in [4.78, 5) is 0. The van der Waals surface area contributed by atoms with Crippen molar-refractivity contribution in [2.45, 2.75) is 51.0 Å². The predicted octanol–water partition coefficient (Wildman–Crippen LogP) is 3.52. The van der Waals surface area contributed by atoms with Gasteiger partial charge in [-0.1, -0.05) is 32.1 Å². The van der Waals surface area contributed by atoms with Crippen LogP contribution in [0.3, 0.4) is 0 Å². The van der Waals surface area contributed by atoms with Gasteiger partial charge in [-0.25, -0.2) is 4.57 Å². The van der Waals surface area contributed by atoms with E-state index in [1.54, 1.807) is 0 Å². The third-order valence-corrected chi connectivity index (χ3v) is 4.23. The average molecular weight is 236 g/mol. The Morgan fingerprint density at radius 1 is 0.933 bits per heavy atom. The quantitative estimate of drug-likeness (QED) is 0.700. The van der Waals surface area contributed by atoms with Crippen molar-refractivity contribution in [2.24, 2.45) is 0 Å². The fourth-order valence-corrected chi connectivity index (χ4v) is 2.76. The molecule has 0 aromatic carbocycles. The molecule has 0 N–H and O–H groups in total. The minimum atomic E-state index is -3.28. The van der Waals surface area contributed by atoms with Gasteiger partial charge in [0.2, 0.25) is 0 Å². The molecule has 1 fully saturated rings. The predicted molar refractivity (Wildman–Crippen MR) is 58.8 cm³/mol. The van der Waals surface area contributed by atoms with Crippen LogP contribution < -0.4 is 0 Å². The normalized spacial score (nSPS) is 20.9. The highest BCUT2D eigenvalue weighted by atomic mass is 31.2. The van der Waals surface area contributed by atoms with E-state index in [9.17, 15) is 4.57 Å². The lowest BCUT2D eigenvalue weighted by Crippen LogP contribution is -2.14.